The summed E-state index contributed by atoms with van der Waals surface area (Å²) in [5.41, 5.74) is 1.71. The average Bonchev–Trinajstić information content (AvgIpc) is 3.17. The Kier molecular flexibility index (Phi) is 4.54. The minimum Gasteiger partial charge on any atom is -0.452 e. The number of thiophene rings is 1. The Morgan fingerprint density at radius 2 is 2.04 bits per heavy atom. The van der Waals surface area contributed by atoms with Crippen molar-refractivity contribution in [2.75, 3.05) is 20.7 Å². The molecule has 0 aliphatic heterocycles. The molecule has 1 amide bonds. The second-order valence-electron chi connectivity index (χ2n) is 5.78. The number of amides is 1. The van der Waals surface area contributed by atoms with E-state index < -0.39 is 5.97 Å². The molecule has 0 aliphatic rings. The van der Waals surface area contributed by atoms with Crippen LogP contribution in [0.1, 0.15) is 20.9 Å². The normalized spacial score (nSPS) is 10.9. The zero-order valence-electron chi connectivity index (χ0n) is 14.3. The van der Waals surface area contributed by atoms with Gasteiger partial charge in [0.05, 0.1) is 27.2 Å². The van der Waals surface area contributed by atoms with Crippen LogP contribution in [0.3, 0.4) is 0 Å². The van der Waals surface area contributed by atoms with Crippen LogP contribution in [-0.4, -0.2) is 47.6 Å². The second-order valence-corrected chi connectivity index (χ2v) is 7.07. The van der Waals surface area contributed by atoms with E-state index in [1.165, 1.54) is 4.90 Å². The molecule has 3 heterocycles. The van der Waals surface area contributed by atoms with Crippen LogP contribution < -0.4 is 0 Å². The highest BCUT2D eigenvalue weighted by Crippen LogP contribution is 2.31. The van der Waals surface area contributed by atoms with E-state index >= 15 is 0 Å². The predicted octanol–water partition coefficient (Wildman–Crippen LogP) is 2.81. The summed E-state index contributed by atoms with van der Waals surface area (Å²) in [6.07, 6.45) is 0. The van der Waals surface area contributed by atoms with Gasteiger partial charge in [-0.2, -0.15) is 0 Å². The molecule has 3 rings (SSSR count). The van der Waals surface area contributed by atoms with Crippen molar-refractivity contribution in [2.24, 2.45) is 0 Å². The zero-order valence-corrected chi connectivity index (χ0v) is 15.1. The van der Waals surface area contributed by atoms with Crippen molar-refractivity contribution in [3.63, 3.8) is 0 Å². The lowest BCUT2D eigenvalue weighted by molar-refractivity contribution is -0.131. The Labute approximate surface area is 148 Å². The molecule has 0 saturated carbocycles. The number of ether oxygens (including phenoxy) is 1. The minimum atomic E-state index is -0.608. The van der Waals surface area contributed by atoms with Crippen LogP contribution in [0, 0.1) is 13.8 Å². The molecular weight excluding hydrogens is 342 g/mol. The van der Waals surface area contributed by atoms with E-state index in [1.54, 1.807) is 38.4 Å². The number of carbonyl (C=O) groups excluding carboxylic acids is 2. The van der Waals surface area contributed by atoms with Gasteiger partial charge in [-0.25, -0.2) is 9.78 Å². The smallest absolute Gasteiger partial charge is 0.339 e. The third-order valence-electron chi connectivity index (χ3n) is 3.66. The third kappa shape index (κ3) is 3.39. The SMILES string of the molecule is Cc1ccc(-c2cc(C(=O)OCC(=O)N(C)C)c3c(C)noc3n2)s1. The minimum absolute atomic E-state index is 0.270. The Hall–Kier alpha value is -2.74. The van der Waals surface area contributed by atoms with Gasteiger partial charge in [0.2, 0.25) is 0 Å². The molecule has 0 spiro atoms. The molecule has 0 bridgehead atoms. The summed E-state index contributed by atoms with van der Waals surface area (Å²) in [4.78, 5) is 32.0. The highest BCUT2D eigenvalue weighted by Gasteiger charge is 2.21. The Morgan fingerprint density at radius 1 is 1.28 bits per heavy atom. The zero-order chi connectivity index (χ0) is 18.1. The van der Waals surface area contributed by atoms with E-state index in [0.717, 1.165) is 9.75 Å². The molecule has 8 heteroatoms. The molecular formula is C17H17N3O4S. The van der Waals surface area contributed by atoms with Crippen LogP contribution in [0.25, 0.3) is 21.7 Å². The number of hydrogen-bond donors (Lipinski definition) is 0. The number of nitrogens with zero attached hydrogens (tertiary/aromatic N) is 3. The molecule has 0 saturated heterocycles. The van der Waals surface area contributed by atoms with Gasteiger partial charge in [0.15, 0.2) is 6.61 Å². The molecule has 130 valence electrons. The number of aryl methyl sites for hydroxylation is 2. The summed E-state index contributed by atoms with van der Waals surface area (Å²) in [6, 6.07) is 5.56. The average molecular weight is 359 g/mol. The van der Waals surface area contributed by atoms with Crippen molar-refractivity contribution < 1.29 is 18.8 Å². The molecule has 3 aromatic rings. The van der Waals surface area contributed by atoms with Crippen LogP contribution in [0.5, 0.6) is 0 Å². The first kappa shape index (κ1) is 17.1. The van der Waals surface area contributed by atoms with E-state index in [1.807, 2.05) is 19.1 Å². The summed E-state index contributed by atoms with van der Waals surface area (Å²) in [7, 11) is 3.20. The summed E-state index contributed by atoms with van der Waals surface area (Å²) < 4.78 is 10.4. The van der Waals surface area contributed by atoms with Crippen molar-refractivity contribution in [3.05, 3.63) is 34.3 Å². The van der Waals surface area contributed by atoms with Gasteiger partial charge in [-0.3, -0.25) is 4.79 Å². The molecule has 0 atom stereocenters. The number of pyridine rings is 1. The Bertz CT molecular complexity index is 958. The highest BCUT2D eigenvalue weighted by molar-refractivity contribution is 7.15. The van der Waals surface area contributed by atoms with Crippen molar-refractivity contribution in [1.82, 2.24) is 15.0 Å². The number of fused-ring (bicyclic) bond motifs is 1. The maximum absolute atomic E-state index is 12.5. The monoisotopic (exact) mass is 359 g/mol. The van der Waals surface area contributed by atoms with Crippen LogP contribution in [0.15, 0.2) is 22.7 Å². The highest BCUT2D eigenvalue weighted by atomic mass is 32.1. The molecule has 25 heavy (non-hydrogen) atoms. The summed E-state index contributed by atoms with van der Waals surface area (Å²) in [5.74, 6) is -0.904. The number of carbonyl (C=O) groups is 2. The van der Waals surface area contributed by atoms with Gasteiger partial charge < -0.3 is 14.2 Å². The quantitative estimate of drug-likeness (QED) is 0.666. The van der Waals surface area contributed by atoms with Gasteiger partial charge in [0.1, 0.15) is 0 Å². The first-order chi connectivity index (χ1) is 11.9. The van der Waals surface area contributed by atoms with Gasteiger partial charge in [-0.1, -0.05) is 5.16 Å². The number of hydrogen-bond acceptors (Lipinski definition) is 7. The molecule has 0 unspecified atom stereocenters. The number of esters is 1. The fourth-order valence-electron chi connectivity index (χ4n) is 2.29. The van der Waals surface area contributed by atoms with E-state index in [0.29, 0.717) is 16.8 Å². The fraction of sp³-hybridized carbons (Fsp3) is 0.294. The van der Waals surface area contributed by atoms with Crippen LogP contribution >= 0.6 is 11.3 Å². The van der Waals surface area contributed by atoms with E-state index in [4.69, 9.17) is 9.26 Å². The fourth-order valence-corrected chi connectivity index (χ4v) is 3.12. The lowest BCUT2D eigenvalue weighted by Crippen LogP contribution is -2.27. The molecule has 0 aliphatic carbocycles. The molecule has 0 aromatic carbocycles. The number of rotatable bonds is 4. The van der Waals surface area contributed by atoms with Gasteiger partial charge in [0.25, 0.3) is 11.6 Å². The number of aromatic nitrogens is 2. The largest absolute Gasteiger partial charge is 0.452 e. The van der Waals surface area contributed by atoms with Crippen molar-refractivity contribution in [2.45, 2.75) is 13.8 Å². The van der Waals surface area contributed by atoms with E-state index in [2.05, 4.69) is 10.1 Å². The van der Waals surface area contributed by atoms with Crippen LogP contribution in [-0.2, 0) is 9.53 Å². The topological polar surface area (TPSA) is 85.5 Å². The second kappa shape index (κ2) is 6.64. The lowest BCUT2D eigenvalue weighted by atomic mass is 10.1. The maximum Gasteiger partial charge on any atom is 0.339 e. The first-order valence-corrected chi connectivity index (χ1v) is 8.39. The van der Waals surface area contributed by atoms with E-state index in [-0.39, 0.29) is 23.8 Å². The Morgan fingerprint density at radius 3 is 2.68 bits per heavy atom. The standard InChI is InChI=1S/C17H17N3O4S/c1-9-5-6-13(25-9)12-7-11(15-10(2)19-24-16(15)18-12)17(22)23-8-14(21)20(3)4/h5-7H,8H2,1-4H3. The molecule has 0 fully saturated rings. The maximum atomic E-state index is 12.5. The summed E-state index contributed by atoms with van der Waals surface area (Å²) >= 11 is 1.56. The van der Waals surface area contributed by atoms with Crippen molar-refractivity contribution in [3.8, 4) is 10.6 Å². The van der Waals surface area contributed by atoms with Gasteiger partial charge in [0, 0.05) is 19.0 Å². The van der Waals surface area contributed by atoms with Crippen molar-refractivity contribution in [1.29, 1.82) is 0 Å². The summed E-state index contributed by atoms with van der Waals surface area (Å²) in [6.45, 7) is 3.39. The van der Waals surface area contributed by atoms with Crippen molar-refractivity contribution >= 4 is 34.3 Å². The molecule has 0 N–H and O–H groups in total. The first-order valence-electron chi connectivity index (χ1n) is 7.58. The molecule has 3 aromatic heterocycles. The Balaban J connectivity index is 2.01. The van der Waals surface area contributed by atoms with Gasteiger partial charge >= 0.3 is 5.97 Å². The lowest BCUT2D eigenvalue weighted by Gasteiger charge is -2.11. The van der Waals surface area contributed by atoms with E-state index in [9.17, 15) is 9.59 Å². The van der Waals surface area contributed by atoms with Gasteiger partial charge in [-0.05, 0) is 32.0 Å². The predicted molar refractivity (Wildman–Crippen MR) is 93.6 cm³/mol. The van der Waals surface area contributed by atoms with Gasteiger partial charge in [-0.15, -0.1) is 11.3 Å². The van der Waals surface area contributed by atoms with Crippen LogP contribution in [0.2, 0.25) is 0 Å². The summed E-state index contributed by atoms with van der Waals surface area (Å²) in [5, 5.41) is 4.38. The third-order valence-corrected chi connectivity index (χ3v) is 4.68. The molecule has 0 radical (unpaired) electrons. The van der Waals surface area contributed by atoms with Crippen LogP contribution in [0.4, 0.5) is 0 Å². The number of likely N-dealkylation sites (N-methyl/N-ethyl adjacent to an activating group) is 1. The molecule has 7 nitrogen and oxygen atoms in total.